The average Bonchev–Trinajstić information content (AvgIpc) is 3.15. The molecular formula is C21H35N3O4. The number of piperidine rings is 1. The van der Waals surface area contributed by atoms with Gasteiger partial charge in [0.15, 0.2) is 0 Å². The number of carbonyl (C=O) groups excluding carboxylic acids is 1. The van der Waals surface area contributed by atoms with Gasteiger partial charge in [0.1, 0.15) is 5.60 Å². The minimum Gasteiger partial charge on any atom is -0.465 e. The Kier molecular flexibility index (Phi) is 4.60. The summed E-state index contributed by atoms with van der Waals surface area (Å²) in [6.45, 7) is 12.5. The number of hydrogen-bond donors (Lipinski definition) is 1. The Morgan fingerprint density at radius 1 is 1.18 bits per heavy atom. The van der Waals surface area contributed by atoms with Crippen molar-refractivity contribution in [1.82, 2.24) is 14.7 Å². The molecule has 4 rings (SSSR count). The summed E-state index contributed by atoms with van der Waals surface area (Å²) in [6, 6.07) is 0.540. The molecule has 2 amide bonds. The molecule has 7 heteroatoms. The van der Waals surface area contributed by atoms with Crippen molar-refractivity contribution >= 4 is 12.2 Å². The van der Waals surface area contributed by atoms with Crippen LogP contribution in [0, 0.1) is 11.3 Å². The lowest BCUT2D eigenvalue weighted by Gasteiger charge is -2.59. The van der Waals surface area contributed by atoms with Gasteiger partial charge in [0.25, 0.3) is 0 Å². The van der Waals surface area contributed by atoms with E-state index >= 15 is 0 Å². The Balaban J connectivity index is 1.41. The zero-order valence-corrected chi connectivity index (χ0v) is 17.7. The summed E-state index contributed by atoms with van der Waals surface area (Å²) >= 11 is 0. The SMILES string of the molecule is CCC1C(N2CCC3(CC2)OC(=O)N(CC)C3(C)C)CC12CCN(C(=O)O)C2. The quantitative estimate of drug-likeness (QED) is 0.797. The number of likely N-dealkylation sites (N-methyl/N-ethyl adjacent to an activating group) is 1. The number of ether oxygens (including phenoxy) is 1. The highest BCUT2D eigenvalue weighted by Crippen LogP contribution is 2.57. The van der Waals surface area contributed by atoms with Gasteiger partial charge < -0.3 is 14.7 Å². The standard InChI is InChI=1S/C21H35N3O4/c1-5-15-16(13-20(15)7-10-23(14-20)17(25)26)22-11-8-21(9-12-22)19(3,4)24(6-2)18(27)28-21/h15-16H,5-14H2,1-4H3,(H,25,26). The number of likely N-dealkylation sites (tertiary alicyclic amines) is 2. The molecule has 158 valence electrons. The van der Waals surface area contributed by atoms with Crippen LogP contribution in [0.2, 0.25) is 0 Å². The van der Waals surface area contributed by atoms with E-state index in [4.69, 9.17) is 4.74 Å². The summed E-state index contributed by atoms with van der Waals surface area (Å²) in [5, 5.41) is 9.34. The van der Waals surface area contributed by atoms with E-state index in [1.54, 1.807) is 4.90 Å². The van der Waals surface area contributed by atoms with Crippen LogP contribution in [-0.4, -0.2) is 81.9 Å². The van der Waals surface area contributed by atoms with Crippen LogP contribution in [0.15, 0.2) is 0 Å². The molecule has 4 aliphatic rings. The van der Waals surface area contributed by atoms with E-state index in [9.17, 15) is 14.7 Å². The molecule has 0 aromatic carbocycles. The molecular weight excluding hydrogens is 358 g/mol. The van der Waals surface area contributed by atoms with Crippen LogP contribution in [0.25, 0.3) is 0 Å². The highest BCUT2D eigenvalue weighted by Gasteiger charge is 2.62. The third-order valence-corrected chi connectivity index (χ3v) is 8.65. The summed E-state index contributed by atoms with van der Waals surface area (Å²) in [5.74, 6) is 0.567. The van der Waals surface area contributed by atoms with E-state index in [0.717, 1.165) is 45.2 Å². The number of hydrogen-bond acceptors (Lipinski definition) is 4. The molecule has 1 N–H and O–H groups in total. The second-order valence-corrected chi connectivity index (χ2v) is 9.80. The lowest BCUT2D eigenvalue weighted by atomic mass is 9.54. The Hall–Kier alpha value is -1.50. The number of rotatable bonds is 3. The molecule has 3 saturated heterocycles. The molecule has 28 heavy (non-hydrogen) atoms. The molecule has 3 aliphatic heterocycles. The summed E-state index contributed by atoms with van der Waals surface area (Å²) < 4.78 is 5.96. The van der Waals surface area contributed by atoms with E-state index in [1.807, 2.05) is 11.8 Å². The van der Waals surface area contributed by atoms with Gasteiger partial charge in [0.2, 0.25) is 0 Å². The fraction of sp³-hybridized carbons (Fsp3) is 0.905. The summed E-state index contributed by atoms with van der Waals surface area (Å²) in [5.41, 5.74) is -0.471. The van der Waals surface area contributed by atoms with Gasteiger partial charge >= 0.3 is 12.2 Å². The lowest BCUT2D eigenvalue weighted by Crippen LogP contribution is -2.65. The number of carboxylic acid groups (broad SMARTS) is 1. The minimum absolute atomic E-state index is 0.172. The highest BCUT2D eigenvalue weighted by atomic mass is 16.6. The topological polar surface area (TPSA) is 73.3 Å². The maximum absolute atomic E-state index is 12.4. The smallest absolute Gasteiger partial charge is 0.410 e. The maximum Gasteiger partial charge on any atom is 0.410 e. The van der Waals surface area contributed by atoms with Crippen LogP contribution < -0.4 is 0 Å². The Morgan fingerprint density at radius 2 is 1.86 bits per heavy atom. The Morgan fingerprint density at radius 3 is 2.36 bits per heavy atom. The molecule has 0 bridgehead atoms. The predicted octanol–water partition coefficient (Wildman–Crippen LogP) is 3.24. The van der Waals surface area contributed by atoms with Crippen LogP contribution >= 0.6 is 0 Å². The fourth-order valence-corrected chi connectivity index (χ4v) is 6.85. The van der Waals surface area contributed by atoms with Crippen molar-refractivity contribution < 1.29 is 19.4 Å². The highest BCUT2D eigenvalue weighted by molar-refractivity contribution is 5.72. The zero-order chi connectivity index (χ0) is 20.3. The predicted molar refractivity (Wildman–Crippen MR) is 105 cm³/mol. The summed E-state index contributed by atoms with van der Waals surface area (Å²) in [6.07, 6.45) is 4.02. The molecule has 1 saturated carbocycles. The molecule has 3 atom stereocenters. The lowest BCUT2D eigenvalue weighted by molar-refractivity contribution is -0.112. The van der Waals surface area contributed by atoms with E-state index in [1.165, 1.54) is 0 Å². The van der Waals surface area contributed by atoms with Gasteiger partial charge in [0.05, 0.1) is 5.54 Å². The Labute approximate surface area is 168 Å². The van der Waals surface area contributed by atoms with Gasteiger partial charge in [-0.3, -0.25) is 9.80 Å². The first kappa shape index (κ1) is 19.8. The van der Waals surface area contributed by atoms with Crippen LogP contribution in [0.5, 0.6) is 0 Å². The second kappa shape index (κ2) is 6.51. The van der Waals surface area contributed by atoms with Crippen LogP contribution in [0.3, 0.4) is 0 Å². The van der Waals surface area contributed by atoms with Crippen molar-refractivity contribution in [3.8, 4) is 0 Å². The second-order valence-electron chi connectivity index (χ2n) is 9.80. The molecule has 7 nitrogen and oxygen atoms in total. The van der Waals surface area contributed by atoms with Crippen molar-refractivity contribution in [1.29, 1.82) is 0 Å². The number of carbonyl (C=O) groups is 2. The summed E-state index contributed by atoms with van der Waals surface area (Å²) in [4.78, 5) is 29.8. The van der Waals surface area contributed by atoms with E-state index < -0.39 is 6.09 Å². The van der Waals surface area contributed by atoms with Crippen molar-refractivity contribution in [3.63, 3.8) is 0 Å². The third kappa shape index (κ3) is 2.57. The van der Waals surface area contributed by atoms with Gasteiger partial charge in [-0.05, 0) is 44.9 Å². The molecule has 2 spiro atoms. The molecule has 0 aromatic rings. The first-order valence-electron chi connectivity index (χ1n) is 10.9. The van der Waals surface area contributed by atoms with Crippen LogP contribution in [0.1, 0.15) is 59.8 Å². The van der Waals surface area contributed by atoms with Crippen LogP contribution in [-0.2, 0) is 4.74 Å². The third-order valence-electron chi connectivity index (χ3n) is 8.65. The Bertz CT molecular complexity index is 658. The first-order chi connectivity index (χ1) is 13.2. The zero-order valence-electron chi connectivity index (χ0n) is 17.7. The molecule has 1 aliphatic carbocycles. The van der Waals surface area contributed by atoms with E-state index in [2.05, 4.69) is 25.7 Å². The molecule has 3 heterocycles. The van der Waals surface area contributed by atoms with Crippen molar-refractivity contribution in [2.45, 2.75) is 77.0 Å². The molecule has 4 fully saturated rings. The van der Waals surface area contributed by atoms with E-state index in [-0.39, 0.29) is 22.6 Å². The van der Waals surface area contributed by atoms with Gasteiger partial charge in [-0.15, -0.1) is 0 Å². The van der Waals surface area contributed by atoms with Crippen molar-refractivity contribution in [3.05, 3.63) is 0 Å². The molecule has 0 radical (unpaired) electrons. The summed E-state index contributed by atoms with van der Waals surface area (Å²) in [7, 11) is 0. The van der Waals surface area contributed by atoms with Crippen molar-refractivity contribution in [2.75, 3.05) is 32.7 Å². The normalized spacial score (nSPS) is 36.8. The number of amides is 2. The molecule has 0 aromatic heterocycles. The van der Waals surface area contributed by atoms with Gasteiger partial charge in [-0.1, -0.05) is 13.3 Å². The first-order valence-corrected chi connectivity index (χ1v) is 10.9. The van der Waals surface area contributed by atoms with Gasteiger partial charge in [0, 0.05) is 51.6 Å². The minimum atomic E-state index is -0.777. The van der Waals surface area contributed by atoms with Gasteiger partial charge in [-0.25, -0.2) is 9.59 Å². The van der Waals surface area contributed by atoms with Crippen molar-refractivity contribution in [2.24, 2.45) is 11.3 Å². The largest absolute Gasteiger partial charge is 0.465 e. The maximum atomic E-state index is 12.4. The molecule has 3 unspecified atom stereocenters. The monoisotopic (exact) mass is 393 g/mol. The fourth-order valence-electron chi connectivity index (χ4n) is 6.85. The van der Waals surface area contributed by atoms with Crippen LogP contribution in [0.4, 0.5) is 9.59 Å². The van der Waals surface area contributed by atoms with Gasteiger partial charge in [-0.2, -0.15) is 0 Å². The average molecular weight is 394 g/mol. The number of nitrogens with zero attached hydrogens (tertiary/aromatic N) is 3. The van der Waals surface area contributed by atoms with E-state index in [0.29, 0.717) is 31.6 Å².